The van der Waals surface area contributed by atoms with E-state index in [-0.39, 0.29) is 38.7 Å². The highest BCUT2D eigenvalue weighted by atomic mass is 35.5. The summed E-state index contributed by atoms with van der Waals surface area (Å²) in [6.07, 6.45) is -1.69. The van der Waals surface area contributed by atoms with Gasteiger partial charge in [0.05, 0.1) is 35.8 Å². The van der Waals surface area contributed by atoms with Gasteiger partial charge in [-0.25, -0.2) is 4.85 Å². The SMILES string of the molecule is [C-]#[N+]c1cncc(COc2cc(OCc3cccc(-c4cccc(-c5ccc(OCCNC[C@@H](O)CC(=O)O)c(C(F)(F)F)c5)c4C)c3C)c(Cl)cc2CCC[C@H](C)O)c1. The topological polar surface area (TPSA) is 135 Å². The number of aliphatic carboxylic acids is 1. The van der Waals surface area contributed by atoms with Crippen LogP contribution in [0.1, 0.15) is 59.6 Å². The van der Waals surface area contributed by atoms with Crippen LogP contribution >= 0.6 is 11.6 Å². The van der Waals surface area contributed by atoms with Gasteiger partial charge in [-0.1, -0.05) is 54.1 Å². The summed E-state index contributed by atoms with van der Waals surface area (Å²) in [6, 6.07) is 20.5. The van der Waals surface area contributed by atoms with E-state index < -0.39 is 36.3 Å². The second-order valence-electron chi connectivity index (χ2n) is 14.5. The number of hydrogen-bond donors (Lipinski definition) is 4. The summed E-state index contributed by atoms with van der Waals surface area (Å²) in [5, 5.41) is 31.4. The fourth-order valence-corrected chi connectivity index (χ4v) is 6.97. The lowest BCUT2D eigenvalue weighted by Crippen LogP contribution is -2.31. The molecule has 0 aliphatic carbocycles. The molecule has 316 valence electrons. The minimum atomic E-state index is -4.70. The summed E-state index contributed by atoms with van der Waals surface area (Å²) in [6.45, 7) is 13.1. The van der Waals surface area contributed by atoms with E-state index in [4.69, 9.17) is 37.5 Å². The second-order valence-corrected chi connectivity index (χ2v) is 14.9. The molecule has 5 aromatic rings. The lowest BCUT2D eigenvalue weighted by atomic mass is 9.89. The molecule has 1 aromatic heterocycles. The van der Waals surface area contributed by atoms with Gasteiger partial charge in [0.2, 0.25) is 5.69 Å². The number of nitrogens with zero attached hydrogens (tertiary/aromatic N) is 2. The molecule has 1 heterocycles. The first kappa shape index (κ1) is 45.4. The third kappa shape index (κ3) is 12.4. The third-order valence-electron chi connectivity index (χ3n) is 9.86. The Kier molecular flexibility index (Phi) is 15.9. The normalized spacial score (nSPS) is 12.4. The fourth-order valence-electron chi connectivity index (χ4n) is 6.73. The number of carboxylic acid groups (broad SMARTS) is 1. The van der Waals surface area contributed by atoms with Gasteiger partial charge in [-0.2, -0.15) is 13.2 Å². The van der Waals surface area contributed by atoms with Crippen molar-refractivity contribution in [2.45, 2.75) is 78.1 Å². The van der Waals surface area contributed by atoms with Crippen LogP contribution in [-0.2, 0) is 30.6 Å². The highest BCUT2D eigenvalue weighted by molar-refractivity contribution is 6.32. The van der Waals surface area contributed by atoms with Crippen LogP contribution in [0.15, 0.2) is 85.2 Å². The Morgan fingerprint density at radius 3 is 2.32 bits per heavy atom. The number of aryl methyl sites for hydroxylation is 1. The molecule has 0 amide bonds. The zero-order valence-electron chi connectivity index (χ0n) is 33.5. The highest BCUT2D eigenvalue weighted by Gasteiger charge is 2.35. The van der Waals surface area contributed by atoms with Gasteiger partial charge in [0.1, 0.15) is 37.1 Å². The van der Waals surface area contributed by atoms with E-state index in [2.05, 4.69) is 15.1 Å². The molecule has 0 saturated heterocycles. The van der Waals surface area contributed by atoms with E-state index in [1.54, 1.807) is 49.5 Å². The Balaban J connectivity index is 1.35. The number of nitrogens with one attached hydrogen (secondary N) is 1. The molecule has 0 unspecified atom stereocenters. The van der Waals surface area contributed by atoms with Gasteiger partial charge in [0, 0.05) is 31.5 Å². The number of benzene rings is 4. The number of aliphatic hydroxyl groups excluding tert-OH is 2. The standard InChI is InChI=1S/C46H47ClF3N3O7/c1-28(54)8-5-9-33-20-41(47)44(22-43(33)59-26-31-18-35(51-4)24-53-23-31)60-27-34-10-6-12-38(29(34)2)39-13-7-11-37(30(39)3)32-14-15-42(40(19-32)46(48,49)50)58-17-16-52-25-36(55)21-45(56)57/h6-7,10-15,18-20,22-24,28,36,52,54-55H,5,8-9,16-17,21,25-27H2,1-3H3,(H,56,57)/t28-,36-/m0/s1. The summed E-state index contributed by atoms with van der Waals surface area (Å²) in [5.74, 6) is -0.541. The maximum Gasteiger partial charge on any atom is 0.419 e. The monoisotopic (exact) mass is 845 g/mol. The number of carbonyl (C=O) groups is 1. The number of aliphatic hydroxyl groups is 2. The Morgan fingerprint density at radius 1 is 0.883 bits per heavy atom. The third-order valence-corrected chi connectivity index (χ3v) is 10.2. The summed E-state index contributed by atoms with van der Waals surface area (Å²) < 4.78 is 61.0. The summed E-state index contributed by atoms with van der Waals surface area (Å²) in [7, 11) is 0. The lowest BCUT2D eigenvalue weighted by molar-refractivity contribution is -0.139. The summed E-state index contributed by atoms with van der Waals surface area (Å²) in [4.78, 5) is 18.3. The molecule has 0 aliphatic rings. The zero-order chi connectivity index (χ0) is 43.4. The van der Waals surface area contributed by atoms with E-state index in [0.717, 1.165) is 45.0 Å². The van der Waals surface area contributed by atoms with Crippen LogP contribution in [0.2, 0.25) is 5.02 Å². The number of aromatic nitrogens is 1. The van der Waals surface area contributed by atoms with E-state index in [1.807, 2.05) is 38.1 Å². The molecule has 0 fully saturated rings. The number of alkyl halides is 3. The minimum Gasteiger partial charge on any atom is -0.492 e. The minimum absolute atomic E-state index is 0.0433. The largest absolute Gasteiger partial charge is 0.492 e. The summed E-state index contributed by atoms with van der Waals surface area (Å²) in [5.41, 5.74) is 6.29. The maximum absolute atomic E-state index is 14.3. The molecular weight excluding hydrogens is 799 g/mol. The quantitative estimate of drug-likeness (QED) is 0.0446. The Labute approximate surface area is 352 Å². The van der Waals surface area contributed by atoms with Crippen LogP contribution in [0.25, 0.3) is 27.1 Å². The molecule has 4 N–H and O–H groups in total. The van der Waals surface area contributed by atoms with E-state index in [0.29, 0.717) is 52.6 Å². The van der Waals surface area contributed by atoms with Crippen molar-refractivity contribution < 1.29 is 47.5 Å². The van der Waals surface area contributed by atoms with Crippen LogP contribution in [0.3, 0.4) is 0 Å². The molecular formula is C46H47ClF3N3O7. The lowest BCUT2D eigenvalue weighted by Gasteiger charge is -2.19. The molecule has 2 atom stereocenters. The van der Waals surface area contributed by atoms with E-state index in [9.17, 15) is 28.2 Å². The average Bonchev–Trinajstić information content (AvgIpc) is 3.20. The van der Waals surface area contributed by atoms with Crippen LogP contribution in [0.4, 0.5) is 18.9 Å². The predicted molar refractivity (Wildman–Crippen MR) is 224 cm³/mol. The van der Waals surface area contributed by atoms with E-state index in [1.165, 1.54) is 12.3 Å². The highest BCUT2D eigenvalue weighted by Crippen LogP contribution is 2.41. The van der Waals surface area contributed by atoms with Gasteiger partial charge in [0.25, 0.3) is 0 Å². The van der Waals surface area contributed by atoms with Crippen molar-refractivity contribution in [1.82, 2.24) is 10.3 Å². The van der Waals surface area contributed by atoms with Crippen molar-refractivity contribution in [3.8, 4) is 39.5 Å². The first-order chi connectivity index (χ1) is 28.6. The van der Waals surface area contributed by atoms with Crippen molar-refractivity contribution in [3.05, 3.63) is 135 Å². The number of carboxylic acids is 1. The van der Waals surface area contributed by atoms with Crippen LogP contribution in [0.5, 0.6) is 17.2 Å². The molecule has 10 nitrogen and oxygen atoms in total. The first-order valence-corrected chi connectivity index (χ1v) is 19.7. The van der Waals surface area contributed by atoms with Crippen molar-refractivity contribution in [1.29, 1.82) is 0 Å². The smallest absolute Gasteiger partial charge is 0.419 e. The van der Waals surface area contributed by atoms with Gasteiger partial charge >= 0.3 is 12.1 Å². The Bertz CT molecular complexity index is 2310. The molecule has 14 heteroatoms. The predicted octanol–water partition coefficient (Wildman–Crippen LogP) is 9.92. The van der Waals surface area contributed by atoms with Gasteiger partial charge in [-0.05, 0) is 114 Å². The van der Waals surface area contributed by atoms with Crippen molar-refractivity contribution in [2.24, 2.45) is 0 Å². The number of pyridine rings is 1. The van der Waals surface area contributed by atoms with Gasteiger partial charge < -0.3 is 34.8 Å². The molecule has 0 aliphatic heterocycles. The number of ether oxygens (including phenoxy) is 3. The number of halogens is 4. The van der Waals surface area contributed by atoms with Gasteiger partial charge in [-0.15, -0.1) is 0 Å². The van der Waals surface area contributed by atoms with Crippen LogP contribution in [-0.4, -0.2) is 58.2 Å². The zero-order valence-corrected chi connectivity index (χ0v) is 34.2. The molecule has 0 bridgehead atoms. The van der Waals surface area contributed by atoms with E-state index >= 15 is 0 Å². The van der Waals surface area contributed by atoms with Crippen molar-refractivity contribution in [3.63, 3.8) is 0 Å². The Morgan fingerprint density at radius 2 is 1.60 bits per heavy atom. The average molecular weight is 846 g/mol. The van der Waals surface area contributed by atoms with Crippen molar-refractivity contribution >= 4 is 23.3 Å². The molecule has 60 heavy (non-hydrogen) atoms. The fraction of sp³-hybridized carbons (Fsp3) is 0.326. The van der Waals surface area contributed by atoms with Crippen LogP contribution < -0.4 is 19.5 Å². The molecule has 4 aromatic carbocycles. The number of rotatable bonds is 20. The molecule has 0 spiro atoms. The molecule has 0 saturated carbocycles. The Hall–Kier alpha value is -5.65. The first-order valence-electron chi connectivity index (χ1n) is 19.4. The summed E-state index contributed by atoms with van der Waals surface area (Å²) >= 11 is 6.76. The molecule has 0 radical (unpaired) electrons. The van der Waals surface area contributed by atoms with Gasteiger partial charge in [0.15, 0.2) is 0 Å². The second kappa shape index (κ2) is 21.0. The number of hydrogen-bond acceptors (Lipinski definition) is 8. The van der Waals surface area contributed by atoms with Crippen molar-refractivity contribution in [2.75, 3.05) is 19.7 Å². The molecule has 5 rings (SSSR count). The maximum atomic E-state index is 14.3. The van der Waals surface area contributed by atoms with Crippen LogP contribution in [0, 0.1) is 20.4 Å². The van der Waals surface area contributed by atoms with Gasteiger partial charge in [-0.3, -0.25) is 9.78 Å².